The first kappa shape index (κ1) is 10.7. The third-order valence-electron chi connectivity index (χ3n) is 2.86. The normalized spacial score (nSPS) is 11.0. The van der Waals surface area contributed by atoms with Gasteiger partial charge in [-0.3, -0.25) is 9.36 Å². The molecule has 0 aliphatic heterocycles. The van der Waals surface area contributed by atoms with E-state index in [1.807, 2.05) is 24.6 Å². The lowest BCUT2D eigenvalue weighted by Crippen LogP contribution is -2.05. The highest BCUT2D eigenvalue weighted by Crippen LogP contribution is 2.18. The van der Waals surface area contributed by atoms with E-state index in [9.17, 15) is 4.79 Å². The molecular weight excluding hydrogens is 228 g/mol. The first-order valence-electron chi connectivity index (χ1n) is 5.66. The van der Waals surface area contributed by atoms with Crippen LogP contribution in [-0.4, -0.2) is 19.5 Å². The smallest absolute Gasteiger partial charge is 0.248 e. The van der Waals surface area contributed by atoms with E-state index in [0.29, 0.717) is 0 Å². The summed E-state index contributed by atoms with van der Waals surface area (Å²) in [6.07, 6.45) is 3.62. The second-order valence-corrected chi connectivity index (χ2v) is 4.22. The fourth-order valence-electron chi connectivity index (χ4n) is 2.09. The van der Waals surface area contributed by atoms with Crippen molar-refractivity contribution < 1.29 is 0 Å². The Balaban J connectivity index is 2.36. The molecule has 0 amide bonds. The van der Waals surface area contributed by atoms with Crippen molar-refractivity contribution in [2.24, 2.45) is 0 Å². The molecule has 0 radical (unpaired) electrons. The Kier molecular flexibility index (Phi) is 2.26. The van der Waals surface area contributed by atoms with Gasteiger partial charge in [0, 0.05) is 23.8 Å². The summed E-state index contributed by atoms with van der Waals surface area (Å²) in [6, 6.07) is 5.08. The Hall–Kier alpha value is -2.43. The quantitative estimate of drug-likeness (QED) is 0.704. The van der Waals surface area contributed by atoms with Gasteiger partial charge in [-0.2, -0.15) is 0 Å². The molecular formula is C13H12N4O. The van der Waals surface area contributed by atoms with Gasteiger partial charge in [0.1, 0.15) is 11.6 Å². The number of H-pyrrole nitrogens is 1. The average molecular weight is 240 g/mol. The van der Waals surface area contributed by atoms with Crippen LogP contribution in [0.4, 0.5) is 0 Å². The molecule has 3 rings (SSSR count). The van der Waals surface area contributed by atoms with E-state index in [1.54, 1.807) is 18.3 Å². The molecule has 3 aromatic rings. The van der Waals surface area contributed by atoms with Gasteiger partial charge in [0.05, 0.1) is 11.2 Å². The third-order valence-corrected chi connectivity index (χ3v) is 2.86. The van der Waals surface area contributed by atoms with E-state index in [1.165, 1.54) is 6.07 Å². The largest absolute Gasteiger partial charge is 0.322 e. The van der Waals surface area contributed by atoms with Gasteiger partial charge in [-0.15, -0.1) is 0 Å². The Morgan fingerprint density at radius 1 is 1.22 bits per heavy atom. The van der Waals surface area contributed by atoms with Crippen molar-refractivity contribution in [3.8, 4) is 5.82 Å². The molecule has 1 N–H and O–H groups in total. The number of aryl methyl sites for hydroxylation is 2. The monoisotopic (exact) mass is 240 g/mol. The SMILES string of the molecule is Cc1cn(-c2nccc3[nH]c(=O)ccc23)c(C)n1. The van der Waals surface area contributed by atoms with Crippen molar-refractivity contribution in [2.75, 3.05) is 0 Å². The van der Waals surface area contributed by atoms with Crippen LogP contribution in [0, 0.1) is 13.8 Å². The number of nitrogens with one attached hydrogen (secondary N) is 1. The minimum atomic E-state index is -0.113. The molecule has 5 heteroatoms. The molecule has 0 spiro atoms. The van der Waals surface area contributed by atoms with Crippen molar-refractivity contribution >= 4 is 10.9 Å². The predicted molar refractivity (Wildman–Crippen MR) is 69.0 cm³/mol. The summed E-state index contributed by atoms with van der Waals surface area (Å²) in [4.78, 5) is 22.8. The molecule has 3 heterocycles. The lowest BCUT2D eigenvalue weighted by Gasteiger charge is -2.07. The number of hydrogen-bond acceptors (Lipinski definition) is 3. The van der Waals surface area contributed by atoms with Gasteiger partial charge < -0.3 is 4.98 Å². The number of fused-ring (bicyclic) bond motifs is 1. The van der Waals surface area contributed by atoms with Crippen LogP contribution >= 0.6 is 0 Å². The van der Waals surface area contributed by atoms with Crippen molar-refractivity contribution in [2.45, 2.75) is 13.8 Å². The van der Waals surface area contributed by atoms with Gasteiger partial charge in [0.25, 0.3) is 0 Å². The summed E-state index contributed by atoms with van der Waals surface area (Å²) in [7, 11) is 0. The molecule has 0 atom stereocenters. The molecule has 0 aliphatic carbocycles. The maximum Gasteiger partial charge on any atom is 0.248 e. The molecule has 0 saturated heterocycles. The minimum absolute atomic E-state index is 0.113. The number of nitrogens with zero attached hydrogens (tertiary/aromatic N) is 3. The molecule has 18 heavy (non-hydrogen) atoms. The van der Waals surface area contributed by atoms with Gasteiger partial charge in [0.2, 0.25) is 5.56 Å². The van der Waals surface area contributed by atoms with Crippen LogP contribution in [0.25, 0.3) is 16.7 Å². The number of pyridine rings is 2. The van der Waals surface area contributed by atoms with Gasteiger partial charge >= 0.3 is 0 Å². The summed E-state index contributed by atoms with van der Waals surface area (Å²) in [5, 5.41) is 0.901. The van der Waals surface area contributed by atoms with Crippen LogP contribution in [0.3, 0.4) is 0 Å². The number of rotatable bonds is 1. The van der Waals surface area contributed by atoms with E-state index in [2.05, 4.69) is 15.0 Å². The third kappa shape index (κ3) is 1.60. The zero-order chi connectivity index (χ0) is 12.7. The van der Waals surface area contributed by atoms with Crippen LogP contribution in [0.2, 0.25) is 0 Å². The summed E-state index contributed by atoms with van der Waals surface area (Å²) in [5.41, 5.74) is 1.60. The molecule has 3 aromatic heterocycles. The van der Waals surface area contributed by atoms with Crippen molar-refractivity contribution in [3.05, 3.63) is 52.5 Å². The van der Waals surface area contributed by atoms with Crippen molar-refractivity contribution in [1.82, 2.24) is 19.5 Å². The minimum Gasteiger partial charge on any atom is -0.322 e. The maximum absolute atomic E-state index is 11.3. The fourth-order valence-corrected chi connectivity index (χ4v) is 2.09. The molecule has 5 nitrogen and oxygen atoms in total. The highest BCUT2D eigenvalue weighted by molar-refractivity contribution is 5.84. The predicted octanol–water partition coefficient (Wildman–Crippen LogP) is 1.73. The molecule has 0 fully saturated rings. The molecule has 0 bridgehead atoms. The Labute approximate surface area is 103 Å². The maximum atomic E-state index is 11.3. The van der Waals surface area contributed by atoms with Crippen molar-refractivity contribution in [1.29, 1.82) is 0 Å². The van der Waals surface area contributed by atoms with Gasteiger partial charge in [0.15, 0.2) is 0 Å². The van der Waals surface area contributed by atoms with Crippen LogP contribution in [0.1, 0.15) is 11.5 Å². The van der Waals surface area contributed by atoms with Gasteiger partial charge in [-0.25, -0.2) is 9.97 Å². The summed E-state index contributed by atoms with van der Waals surface area (Å²) >= 11 is 0. The second-order valence-electron chi connectivity index (χ2n) is 4.22. The first-order valence-corrected chi connectivity index (χ1v) is 5.66. The number of imidazole rings is 1. The van der Waals surface area contributed by atoms with E-state index >= 15 is 0 Å². The summed E-state index contributed by atoms with van der Waals surface area (Å²) in [6.45, 7) is 3.87. The number of aromatic amines is 1. The summed E-state index contributed by atoms with van der Waals surface area (Å²) in [5.74, 6) is 1.65. The first-order chi connectivity index (χ1) is 8.65. The Morgan fingerprint density at radius 2 is 2.06 bits per heavy atom. The highest BCUT2D eigenvalue weighted by Gasteiger charge is 2.08. The van der Waals surface area contributed by atoms with E-state index in [0.717, 1.165) is 28.2 Å². The standard InChI is InChI=1S/C13H12N4O/c1-8-7-17(9(2)15-8)13-10-3-4-12(18)16-11(10)5-6-14-13/h3-7H,1-2H3,(H,16,18). The lowest BCUT2D eigenvalue weighted by atomic mass is 10.2. The van der Waals surface area contributed by atoms with Crippen LogP contribution < -0.4 is 5.56 Å². The Morgan fingerprint density at radius 3 is 2.78 bits per heavy atom. The molecule has 0 saturated carbocycles. The molecule has 0 unspecified atom stereocenters. The van der Waals surface area contributed by atoms with Crippen LogP contribution in [0.15, 0.2) is 35.4 Å². The average Bonchev–Trinajstić information content (AvgIpc) is 2.67. The zero-order valence-corrected chi connectivity index (χ0v) is 10.1. The van der Waals surface area contributed by atoms with Crippen molar-refractivity contribution in [3.63, 3.8) is 0 Å². The van der Waals surface area contributed by atoms with Crippen LogP contribution in [-0.2, 0) is 0 Å². The topological polar surface area (TPSA) is 63.6 Å². The fraction of sp³-hybridized carbons (Fsp3) is 0.154. The van der Waals surface area contributed by atoms with E-state index in [4.69, 9.17) is 0 Å². The number of aromatic nitrogens is 4. The molecule has 0 aliphatic rings. The highest BCUT2D eigenvalue weighted by atomic mass is 16.1. The second kappa shape index (κ2) is 3.80. The zero-order valence-electron chi connectivity index (χ0n) is 10.1. The molecule has 90 valence electrons. The van der Waals surface area contributed by atoms with Gasteiger partial charge in [-0.1, -0.05) is 0 Å². The molecule has 0 aromatic carbocycles. The Bertz CT molecular complexity index is 785. The number of hydrogen-bond donors (Lipinski definition) is 1. The summed E-state index contributed by atoms with van der Waals surface area (Å²) < 4.78 is 1.93. The van der Waals surface area contributed by atoms with Crippen LogP contribution in [0.5, 0.6) is 0 Å². The van der Waals surface area contributed by atoms with Gasteiger partial charge in [-0.05, 0) is 26.0 Å². The lowest BCUT2D eigenvalue weighted by molar-refractivity contribution is 0.942. The van der Waals surface area contributed by atoms with E-state index in [-0.39, 0.29) is 5.56 Å². The van der Waals surface area contributed by atoms with E-state index < -0.39 is 0 Å².